The van der Waals surface area contributed by atoms with Gasteiger partial charge in [0, 0.05) is 53.7 Å². The number of rotatable bonds is 4. The Bertz CT molecular complexity index is 1730. The van der Waals surface area contributed by atoms with Gasteiger partial charge in [0.2, 0.25) is 5.91 Å². The summed E-state index contributed by atoms with van der Waals surface area (Å²) in [5.74, 6) is 1.07. The highest BCUT2D eigenvalue weighted by atomic mass is 32.1. The van der Waals surface area contributed by atoms with Crippen molar-refractivity contribution in [2.45, 2.75) is 19.3 Å². The largest absolute Gasteiger partial charge is 0.368 e. The van der Waals surface area contributed by atoms with Gasteiger partial charge >= 0.3 is 0 Å². The van der Waals surface area contributed by atoms with Crippen molar-refractivity contribution in [3.63, 3.8) is 0 Å². The first-order chi connectivity index (χ1) is 19.2. The summed E-state index contributed by atoms with van der Waals surface area (Å²) >= 11 is 1.69. The van der Waals surface area contributed by atoms with Crippen LogP contribution in [0.2, 0.25) is 0 Å². The number of fused-ring (bicyclic) bond motifs is 4. The smallest absolute Gasteiger partial charge is 0.226 e. The number of amides is 1. The first kappa shape index (κ1) is 23.6. The lowest BCUT2D eigenvalue weighted by Gasteiger charge is -2.38. The van der Waals surface area contributed by atoms with Gasteiger partial charge in [-0.05, 0) is 67.3 Å². The molecule has 9 nitrogen and oxygen atoms in total. The van der Waals surface area contributed by atoms with Gasteiger partial charge in [0.25, 0.3) is 0 Å². The number of hydrogen-bond donors (Lipinski definition) is 2. The van der Waals surface area contributed by atoms with Crippen molar-refractivity contribution in [3.05, 3.63) is 71.0 Å². The van der Waals surface area contributed by atoms with Crippen LogP contribution in [0.3, 0.4) is 0 Å². The number of piperazine rings is 1. The Balaban J connectivity index is 1.05. The molecule has 10 heteroatoms. The summed E-state index contributed by atoms with van der Waals surface area (Å²) in [7, 11) is 0. The number of nitriles is 1. The molecule has 0 spiro atoms. The molecule has 0 saturated carbocycles. The lowest BCUT2D eigenvalue weighted by Crippen LogP contribution is -2.51. The van der Waals surface area contributed by atoms with Crippen LogP contribution in [0, 0.1) is 17.2 Å². The molecule has 2 N–H and O–H groups in total. The maximum absolute atomic E-state index is 13.5. The number of hydrogen-bond acceptors (Lipinski definition) is 8. The number of aryl methyl sites for hydroxylation is 1. The van der Waals surface area contributed by atoms with Crippen LogP contribution in [0.1, 0.15) is 22.4 Å². The minimum atomic E-state index is -0.000101. The van der Waals surface area contributed by atoms with E-state index in [4.69, 9.17) is 5.26 Å². The van der Waals surface area contributed by atoms with Gasteiger partial charge in [0.15, 0.2) is 0 Å². The Morgan fingerprint density at radius 1 is 1.10 bits per heavy atom. The molecule has 194 valence electrons. The number of H-pyrrole nitrogens is 1. The van der Waals surface area contributed by atoms with Crippen LogP contribution in [-0.4, -0.2) is 57.2 Å². The van der Waals surface area contributed by atoms with Crippen LogP contribution in [0.15, 0.2) is 55.0 Å². The number of aromatic amines is 1. The van der Waals surface area contributed by atoms with Crippen molar-refractivity contribution in [1.29, 1.82) is 5.26 Å². The number of nitrogens with one attached hydrogen (secondary N) is 2. The number of anilines is 3. The second-order valence-electron chi connectivity index (χ2n) is 10.1. The fraction of sp³-hybridized carbons (Fsp3) is 0.276. The summed E-state index contributed by atoms with van der Waals surface area (Å²) in [5.41, 5.74) is 4.98. The predicted octanol–water partition coefficient (Wildman–Crippen LogP) is 4.64. The molecular weight excluding hydrogens is 508 g/mol. The van der Waals surface area contributed by atoms with Gasteiger partial charge in [-0.2, -0.15) is 10.4 Å². The van der Waals surface area contributed by atoms with E-state index >= 15 is 0 Å². The van der Waals surface area contributed by atoms with Gasteiger partial charge < -0.3 is 15.1 Å². The summed E-state index contributed by atoms with van der Waals surface area (Å²) in [4.78, 5) is 29.2. The molecule has 1 saturated heterocycles. The highest BCUT2D eigenvalue weighted by Crippen LogP contribution is 2.41. The molecule has 1 unspecified atom stereocenters. The summed E-state index contributed by atoms with van der Waals surface area (Å²) in [6.45, 7) is 3.03. The van der Waals surface area contributed by atoms with Crippen LogP contribution in [0.5, 0.6) is 0 Å². The Morgan fingerprint density at radius 3 is 2.77 bits per heavy atom. The van der Waals surface area contributed by atoms with E-state index in [2.05, 4.69) is 42.5 Å². The minimum Gasteiger partial charge on any atom is -0.368 e. The van der Waals surface area contributed by atoms with Crippen LogP contribution in [0.4, 0.5) is 17.2 Å². The van der Waals surface area contributed by atoms with E-state index in [1.165, 1.54) is 10.4 Å². The molecule has 1 fully saturated rings. The molecule has 2 aromatic carbocycles. The summed E-state index contributed by atoms with van der Waals surface area (Å²) in [5, 5.41) is 21.7. The third kappa shape index (κ3) is 4.34. The Hall–Kier alpha value is -4.49. The number of nitrogens with zero attached hydrogens (tertiary/aromatic N) is 6. The summed E-state index contributed by atoms with van der Waals surface area (Å²) in [6, 6.07) is 15.9. The first-order valence-electron chi connectivity index (χ1n) is 13.2. The fourth-order valence-corrected chi connectivity index (χ4v) is 7.03. The van der Waals surface area contributed by atoms with Crippen molar-refractivity contribution >= 4 is 55.6 Å². The van der Waals surface area contributed by atoms with E-state index in [9.17, 15) is 4.79 Å². The fourth-order valence-electron chi connectivity index (χ4n) is 5.76. The van der Waals surface area contributed by atoms with E-state index in [0.29, 0.717) is 5.56 Å². The average Bonchev–Trinajstić information content (AvgIpc) is 3.61. The van der Waals surface area contributed by atoms with Gasteiger partial charge in [0.1, 0.15) is 17.0 Å². The zero-order valence-electron chi connectivity index (χ0n) is 21.2. The molecule has 1 aliphatic carbocycles. The van der Waals surface area contributed by atoms with Crippen molar-refractivity contribution in [2.75, 3.05) is 36.4 Å². The number of carbonyl (C=O) groups excluding carboxylic acids is 1. The predicted molar refractivity (Wildman–Crippen MR) is 152 cm³/mol. The molecule has 1 atom stereocenters. The summed E-state index contributed by atoms with van der Waals surface area (Å²) < 4.78 is 0. The molecule has 0 radical (unpaired) electrons. The monoisotopic (exact) mass is 534 g/mol. The standard InChI is InChI=1S/C29H26N8OS/c30-15-18-1-5-22(6-2-18)36-9-11-37(12-10-36)29(38)19-3-7-23-25(14-19)39-28-26(23)27(31-17-32-28)34-21-4-8-24-20(13-21)16-33-35-24/h1-2,4-6,8,13,16-17,19H,3,7,9-12,14H2,(H,33,35)(H,31,32,34). The van der Waals surface area contributed by atoms with Crippen LogP contribution < -0.4 is 10.2 Å². The van der Waals surface area contributed by atoms with Crippen LogP contribution >= 0.6 is 11.3 Å². The number of thiophene rings is 1. The lowest BCUT2D eigenvalue weighted by atomic mass is 9.86. The first-order valence-corrected chi connectivity index (χ1v) is 14.0. The van der Waals surface area contributed by atoms with E-state index in [1.807, 2.05) is 47.5 Å². The van der Waals surface area contributed by atoms with Gasteiger partial charge in [-0.25, -0.2) is 9.97 Å². The number of aromatic nitrogens is 4. The van der Waals surface area contributed by atoms with Gasteiger partial charge in [-0.3, -0.25) is 9.89 Å². The molecule has 39 heavy (non-hydrogen) atoms. The zero-order valence-corrected chi connectivity index (χ0v) is 22.0. The van der Waals surface area contributed by atoms with Crippen molar-refractivity contribution in [1.82, 2.24) is 25.1 Å². The highest BCUT2D eigenvalue weighted by molar-refractivity contribution is 7.19. The second-order valence-corrected chi connectivity index (χ2v) is 11.2. The molecule has 3 aromatic heterocycles. The Labute approximate surface area is 229 Å². The minimum absolute atomic E-state index is 0.000101. The third-order valence-corrected chi connectivity index (χ3v) is 9.01. The second kappa shape index (κ2) is 9.67. The average molecular weight is 535 g/mol. The molecule has 2 aliphatic rings. The van der Waals surface area contributed by atoms with Gasteiger partial charge in [-0.15, -0.1) is 11.3 Å². The van der Waals surface area contributed by atoms with Crippen molar-refractivity contribution in [3.8, 4) is 6.07 Å². The molecule has 5 aromatic rings. The normalized spacial score (nSPS) is 17.3. The quantitative estimate of drug-likeness (QED) is 0.345. The topological polar surface area (TPSA) is 114 Å². The SMILES string of the molecule is N#Cc1ccc(N2CCN(C(=O)C3CCc4c(sc5ncnc(Nc6ccc7[nH]ncc7c6)c45)C3)CC2)cc1. The number of carbonyl (C=O) groups is 1. The zero-order chi connectivity index (χ0) is 26.3. The molecule has 1 aliphatic heterocycles. The molecule has 0 bridgehead atoms. The van der Waals surface area contributed by atoms with Crippen LogP contribution in [0.25, 0.3) is 21.1 Å². The van der Waals surface area contributed by atoms with E-state index in [1.54, 1.807) is 17.7 Å². The molecule has 4 heterocycles. The summed E-state index contributed by atoms with van der Waals surface area (Å²) in [6.07, 6.45) is 5.86. The molecule has 7 rings (SSSR count). The Morgan fingerprint density at radius 2 is 1.95 bits per heavy atom. The van der Waals surface area contributed by atoms with Gasteiger partial charge in [0.05, 0.1) is 28.7 Å². The Kier molecular flexibility index (Phi) is 5.86. The van der Waals surface area contributed by atoms with Gasteiger partial charge in [-0.1, -0.05) is 0 Å². The van der Waals surface area contributed by atoms with E-state index in [-0.39, 0.29) is 11.8 Å². The van der Waals surface area contributed by atoms with Crippen molar-refractivity contribution < 1.29 is 4.79 Å². The lowest BCUT2D eigenvalue weighted by molar-refractivity contribution is -0.136. The molecule has 1 amide bonds. The van der Waals surface area contributed by atoms with E-state index in [0.717, 1.165) is 83.8 Å². The highest BCUT2D eigenvalue weighted by Gasteiger charge is 2.33. The molecular formula is C29H26N8OS. The maximum atomic E-state index is 13.5. The maximum Gasteiger partial charge on any atom is 0.226 e. The third-order valence-electron chi connectivity index (χ3n) is 7.85. The number of benzene rings is 2. The van der Waals surface area contributed by atoms with Crippen molar-refractivity contribution in [2.24, 2.45) is 5.92 Å². The van der Waals surface area contributed by atoms with E-state index < -0.39 is 0 Å². The van der Waals surface area contributed by atoms with Crippen LogP contribution in [-0.2, 0) is 17.6 Å².